The van der Waals surface area contributed by atoms with Gasteiger partial charge in [-0.2, -0.15) is 5.26 Å². The molecular formula is C14H12FN3. The van der Waals surface area contributed by atoms with Gasteiger partial charge in [0.15, 0.2) is 0 Å². The Kier molecular flexibility index (Phi) is 3.87. The summed E-state index contributed by atoms with van der Waals surface area (Å²) in [4.78, 5) is 4.10. The molecule has 3 nitrogen and oxygen atoms in total. The van der Waals surface area contributed by atoms with Gasteiger partial charge in [-0.25, -0.2) is 9.37 Å². The fourth-order valence-corrected chi connectivity index (χ4v) is 1.61. The van der Waals surface area contributed by atoms with Gasteiger partial charge < -0.3 is 5.32 Å². The predicted molar refractivity (Wildman–Crippen MR) is 67.5 cm³/mol. The summed E-state index contributed by atoms with van der Waals surface area (Å²) in [6, 6.07) is 11.9. The van der Waals surface area contributed by atoms with Crippen LogP contribution in [0.5, 0.6) is 0 Å². The van der Waals surface area contributed by atoms with Crippen LogP contribution in [0.3, 0.4) is 0 Å². The van der Waals surface area contributed by atoms with Gasteiger partial charge in [-0.3, -0.25) is 0 Å². The molecule has 0 fully saturated rings. The Morgan fingerprint density at radius 2 is 2.00 bits per heavy atom. The van der Waals surface area contributed by atoms with Crippen molar-refractivity contribution in [1.29, 1.82) is 5.26 Å². The number of hydrogen-bond donors (Lipinski definition) is 1. The molecule has 0 spiro atoms. The molecule has 1 heterocycles. The van der Waals surface area contributed by atoms with Gasteiger partial charge in [0.1, 0.15) is 17.7 Å². The second kappa shape index (κ2) is 5.78. The van der Waals surface area contributed by atoms with E-state index in [1.165, 1.54) is 12.1 Å². The summed E-state index contributed by atoms with van der Waals surface area (Å²) in [5.41, 5.74) is 1.56. The molecule has 18 heavy (non-hydrogen) atoms. The first-order valence-corrected chi connectivity index (χ1v) is 5.63. The summed E-state index contributed by atoms with van der Waals surface area (Å²) in [5.74, 6) is 0.352. The molecule has 0 bridgehead atoms. The number of aromatic nitrogens is 1. The van der Waals surface area contributed by atoms with Crippen molar-refractivity contribution in [3.8, 4) is 6.07 Å². The third kappa shape index (κ3) is 3.05. The topological polar surface area (TPSA) is 48.7 Å². The molecule has 0 atom stereocenters. The summed E-state index contributed by atoms with van der Waals surface area (Å²) in [5, 5.41) is 12.0. The number of pyridine rings is 1. The Hall–Kier alpha value is -2.41. The maximum atomic E-state index is 12.7. The number of benzene rings is 1. The molecule has 0 radical (unpaired) electrons. The second-order valence-corrected chi connectivity index (χ2v) is 3.81. The van der Waals surface area contributed by atoms with Gasteiger partial charge in [-0.15, -0.1) is 0 Å². The largest absolute Gasteiger partial charge is 0.369 e. The smallest absolute Gasteiger partial charge is 0.143 e. The standard InChI is InChI=1S/C14H12FN3/c15-13-5-3-11(4-6-13)7-9-18-14-12(10-16)2-1-8-17-14/h1-6,8H,7,9H2,(H,17,18). The highest BCUT2D eigenvalue weighted by molar-refractivity contribution is 5.51. The number of anilines is 1. The van der Waals surface area contributed by atoms with Crippen LogP contribution in [0.25, 0.3) is 0 Å². The van der Waals surface area contributed by atoms with Crippen LogP contribution in [0.2, 0.25) is 0 Å². The number of halogens is 1. The highest BCUT2D eigenvalue weighted by atomic mass is 19.1. The quantitative estimate of drug-likeness (QED) is 0.895. The van der Waals surface area contributed by atoms with Crippen LogP contribution in [0.4, 0.5) is 10.2 Å². The lowest BCUT2D eigenvalue weighted by Gasteiger charge is -2.06. The number of nitriles is 1. The van der Waals surface area contributed by atoms with E-state index in [1.54, 1.807) is 30.5 Å². The second-order valence-electron chi connectivity index (χ2n) is 3.81. The van der Waals surface area contributed by atoms with E-state index >= 15 is 0 Å². The van der Waals surface area contributed by atoms with Crippen molar-refractivity contribution in [3.63, 3.8) is 0 Å². The van der Waals surface area contributed by atoms with Gasteiger partial charge in [-0.1, -0.05) is 12.1 Å². The van der Waals surface area contributed by atoms with Crippen molar-refractivity contribution in [2.24, 2.45) is 0 Å². The number of nitrogens with zero attached hydrogens (tertiary/aromatic N) is 2. The summed E-state index contributed by atoms with van der Waals surface area (Å²) < 4.78 is 12.7. The maximum Gasteiger partial charge on any atom is 0.143 e. The molecule has 0 aliphatic heterocycles. The Labute approximate surface area is 105 Å². The highest BCUT2D eigenvalue weighted by Crippen LogP contribution is 2.10. The SMILES string of the molecule is N#Cc1cccnc1NCCc1ccc(F)cc1. The van der Waals surface area contributed by atoms with Gasteiger partial charge in [0.2, 0.25) is 0 Å². The molecular weight excluding hydrogens is 229 g/mol. The minimum Gasteiger partial charge on any atom is -0.369 e. The Balaban J connectivity index is 1.93. The first-order valence-electron chi connectivity index (χ1n) is 5.63. The molecule has 0 saturated carbocycles. The molecule has 0 saturated heterocycles. The highest BCUT2D eigenvalue weighted by Gasteiger charge is 2.01. The lowest BCUT2D eigenvalue weighted by molar-refractivity contribution is 0.627. The van der Waals surface area contributed by atoms with E-state index in [0.717, 1.165) is 12.0 Å². The molecule has 1 N–H and O–H groups in total. The van der Waals surface area contributed by atoms with E-state index in [1.807, 2.05) is 0 Å². The van der Waals surface area contributed by atoms with Crippen molar-refractivity contribution in [2.45, 2.75) is 6.42 Å². The fraction of sp³-hybridized carbons (Fsp3) is 0.143. The fourth-order valence-electron chi connectivity index (χ4n) is 1.61. The molecule has 2 aromatic rings. The number of hydrogen-bond acceptors (Lipinski definition) is 3. The molecule has 0 unspecified atom stereocenters. The number of rotatable bonds is 4. The average molecular weight is 241 g/mol. The van der Waals surface area contributed by atoms with E-state index < -0.39 is 0 Å². The van der Waals surface area contributed by atoms with Crippen molar-refractivity contribution >= 4 is 5.82 Å². The average Bonchev–Trinajstić information content (AvgIpc) is 2.41. The van der Waals surface area contributed by atoms with E-state index in [0.29, 0.717) is 17.9 Å². The van der Waals surface area contributed by atoms with Crippen LogP contribution >= 0.6 is 0 Å². The minimum atomic E-state index is -0.233. The third-order valence-electron chi connectivity index (χ3n) is 2.55. The molecule has 0 aliphatic rings. The zero-order valence-corrected chi connectivity index (χ0v) is 9.73. The Morgan fingerprint density at radius 3 is 2.72 bits per heavy atom. The van der Waals surface area contributed by atoms with Crippen molar-refractivity contribution in [1.82, 2.24) is 4.98 Å². The third-order valence-corrected chi connectivity index (χ3v) is 2.55. The van der Waals surface area contributed by atoms with Crippen molar-refractivity contribution in [2.75, 3.05) is 11.9 Å². The molecule has 2 rings (SSSR count). The van der Waals surface area contributed by atoms with Gasteiger partial charge in [0.05, 0.1) is 5.56 Å². The van der Waals surface area contributed by atoms with Crippen molar-refractivity contribution < 1.29 is 4.39 Å². The first kappa shape index (κ1) is 12.1. The minimum absolute atomic E-state index is 0.233. The zero-order chi connectivity index (χ0) is 12.8. The normalized spacial score (nSPS) is 9.78. The molecule has 1 aromatic heterocycles. The first-order chi connectivity index (χ1) is 8.79. The maximum absolute atomic E-state index is 12.7. The summed E-state index contributed by atoms with van der Waals surface area (Å²) in [7, 11) is 0. The zero-order valence-electron chi connectivity index (χ0n) is 9.73. The summed E-state index contributed by atoms with van der Waals surface area (Å²) in [6.07, 6.45) is 2.39. The predicted octanol–water partition coefficient (Wildman–Crippen LogP) is 2.75. The van der Waals surface area contributed by atoms with Crippen LogP contribution in [0.15, 0.2) is 42.6 Å². The Bertz CT molecular complexity index is 558. The molecule has 4 heteroatoms. The van der Waals surface area contributed by atoms with Gasteiger partial charge in [-0.05, 0) is 36.2 Å². The molecule has 1 aromatic carbocycles. The lowest BCUT2D eigenvalue weighted by Crippen LogP contribution is -2.07. The van der Waals surface area contributed by atoms with Crippen LogP contribution in [0.1, 0.15) is 11.1 Å². The van der Waals surface area contributed by atoms with Crippen LogP contribution in [0, 0.1) is 17.1 Å². The number of nitrogens with one attached hydrogen (secondary N) is 1. The van der Waals surface area contributed by atoms with Crippen molar-refractivity contribution in [3.05, 3.63) is 59.5 Å². The molecule has 90 valence electrons. The van der Waals surface area contributed by atoms with E-state index in [4.69, 9.17) is 5.26 Å². The van der Waals surface area contributed by atoms with Gasteiger partial charge >= 0.3 is 0 Å². The monoisotopic (exact) mass is 241 g/mol. The Morgan fingerprint density at radius 1 is 1.22 bits per heavy atom. The van der Waals surface area contributed by atoms with Gasteiger partial charge in [0.25, 0.3) is 0 Å². The van der Waals surface area contributed by atoms with Gasteiger partial charge in [0, 0.05) is 12.7 Å². The van der Waals surface area contributed by atoms with E-state index in [-0.39, 0.29) is 5.82 Å². The lowest BCUT2D eigenvalue weighted by atomic mass is 10.1. The van der Waals surface area contributed by atoms with Crippen LogP contribution in [-0.2, 0) is 6.42 Å². The van der Waals surface area contributed by atoms with E-state index in [2.05, 4.69) is 16.4 Å². The summed E-state index contributed by atoms with van der Waals surface area (Å²) >= 11 is 0. The van der Waals surface area contributed by atoms with Crippen LogP contribution in [-0.4, -0.2) is 11.5 Å². The van der Waals surface area contributed by atoms with Crippen LogP contribution < -0.4 is 5.32 Å². The summed E-state index contributed by atoms with van der Waals surface area (Å²) in [6.45, 7) is 0.650. The molecule has 0 amide bonds. The van der Waals surface area contributed by atoms with E-state index in [9.17, 15) is 4.39 Å². The molecule has 0 aliphatic carbocycles.